The predicted octanol–water partition coefficient (Wildman–Crippen LogP) is 3.22. The maximum atomic E-state index is 12.4. The Morgan fingerprint density at radius 2 is 2.21 bits per heavy atom. The summed E-state index contributed by atoms with van der Waals surface area (Å²) in [5.41, 5.74) is 1.32. The number of hydrogen-bond donors (Lipinski definition) is 0. The zero-order valence-electron chi connectivity index (χ0n) is 10.6. The van der Waals surface area contributed by atoms with Crippen LogP contribution in [0, 0.1) is 11.3 Å². The fraction of sp³-hybridized carbons (Fsp3) is 0.214. The Balaban J connectivity index is 2.42. The normalized spacial score (nSPS) is 10.5. The summed E-state index contributed by atoms with van der Waals surface area (Å²) in [6.45, 7) is 3.95. The molecule has 0 aliphatic rings. The second-order valence-corrected chi connectivity index (χ2v) is 4.82. The third kappa shape index (κ3) is 2.51. The van der Waals surface area contributed by atoms with Gasteiger partial charge in [-0.25, -0.2) is 4.98 Å². The van der Waals surface area contributed by atoms with Gasteiger partial charge >= 0.3 is 0 Å². The van der Waals surface area contributed by atoms with E-state index in [1.54, 1.807) is 23.0 Å². The molecule has 2 rings (SSSR count). The van der Waals surface area contributed by atoms with Gasteiger partial charge in [-0.3, -0.25) is 4.79 Å². The average Bonchev–Trinajstić information content (AvgIpc) is 2.87. The molecule has 4 nitrogen and oxygen atoms in total. The third-order valence-corrected chi connectivity index (χ3v) is 3.12. The Hall–Kier alpha value is -2.12. The number of benzene rings is 1. The molecule has 2 aromatic rings. The maximum Gasteiger partial charge on any atom is 0.211 e. The van der Waals surface area contributed by atoms with Crippen LogP contribution in [0.25, 0.3) is 0 Å². The first-order chi connectivity index (χ1) is 9.04. The van der Waals surface area contributed by atoms with Crippen LogP contribution in [0.15, 0.2) is 30.7 Å². The molecule has 0 saturated carbocycles. The van der Waals surface area contributed by atoms with Gasteiger partial charge in [0, 0.05) is 11.6 Å². The minimum Gasteiger partial charge on any atom is -0.325 e. The lowest BCUT2D eigenvalue weighted by Crippen LogP contribution is -2.11. The van der Waals surface area contributed by atoms with Crippen LogP contribution in [-0.4, -0.2) is 15.3 Å². The Labute approximate surface area is 116 Å². The number of hydrogen-bond acceptors (Lipinski definition) is 3. The fourth-order valence-electron chi connectivity index (χ4n) is 1.79. The Morgan fingerprint density at radius 3 is 2.79 bits per heavy atom. The standard InChI is InChI=1S/C14H12ClN3O/c1-9(2)18-8-17-7-13(18)14(19)10-3-4-11(6-16)12(15)5-10/h3-5,7-9H,1-2H3. The van der Waals surface area contributed by atoms with Crippen molar-refractivity contribution in [3.05, 3.63) is 52.6 Å². The molecule has 5 heteroatoms. The SMILES string of the molecule is CC(C)n1cncc1C(=O)c1ccc(C#N)c(Cl)c1. The van der Waals surface area contributed by atoms with E-state index in [4.69, 9.17) is 16.9 Å². The van der Waals surface area contributed by atoms with E-state index >= 15 is 0 Å². The molecule has 0 radical (unpaired) electrons. The number of nitrogens with zero attached hydrogens (tertiary/aromatic N) is 3. The number of carbonyl (C=O) groups excluding carboxylic acids is 1. The summed E-state index contributed by atoms with van der Waals surface area (Å²) in [6, 6.07) is 6.78. The average molecular weight is 274 g/mol. The van der Waals surface area contributed by atoms with Crippen LogP contribution in [0.1, 0.15) is 41.5 Å². The highest BCUT2D eigenvalue weighted by atomic mass is 35.5. The van der Waals surface area contributed by atoms with E-state index in [9.17, 15) is 4.79 Å². The molecular weight excluding hydrogens is 262 g/mol. The lowest BCUT2D eigenvalue weighted by Gasteiger charge is -2.11. The first kappa shape index (κ1) is 13.3. The molecule has 1 heterocycles. The molecule has 1 aromatic heterocycles. The smallest absolute Gasteiger partial charge is 0.211 e. The molecule has 0 saturated heterocycles. The zero-order valence-corrected chi connectivity index (χ0v) is 11.3. The van der Waals surface area contributed by atoms with Crippen LogP contribution in [-0.2, 0) is 0 Å². The molecule has 0 aliphatic heterocycles. The summed E-state index contributed by atoms with van der Waals surface area (Å²) in [5, 5.41) is 9.10. The summed E-state index contributed by atoms with van der Waals surface area (Å²) in [6.07, 6.45) is 3.16. The Morgan fingerprint density at radius 1 is 1.47 bits per heavy atom. The largest absolute Gasteiger partial charge is 0.325 e. The Bertz CT molecular complexity index is 668. The van der Waals surface area contributed by atoms with Crippen LogP contribution in [0.3, 0.4) is 0 Å². The van der Waals surface area contributed by atoms with E-state index in [1.165, 1.54) is 12.3 Å². The molecule has 0 bridgehead atoms. The van der Waals surface area contributed by atoms with Gasteiger partial charge in [0.25, 0.3) is 0 Å². The number of aromatic nitrogens is 2. The van der Waals surface area contributed by atoms with Gasteiger partial charge in [-0.15, -0.1) is 0 Å². The van der Waals surface area contributed by atoms with Gasteiger partial charge in [0.05, 0.1) is 23.1 Å². The van der Waals surface area contributed by atoms with E-state index in [-0.39, 0.29) is 16.8 Å². The number of imidazole rings is 1. The highest BCUT2D eigenvalue weighted by molar-refractivity contribution is 6.32. The van der Waals surface area contributed by atoms with Gasteiger partial charge in [0.15, 0.2) is 0 Å². The van der Waals surface area contributed by atoms with Gasteiger partial charge in [-0.2, -0.15) is 5.26 Å². The van der Waals surface area contributed by atoms with Crippen molar-refractivity contribution < 1.29 is 4.79 Å². The summed E-state index contributed by atoms with van der Waals surface area (Å²) < 4.78 is 1.80. The second-order valence-electron chi connectivity index (χ2n) is 4.42. The molecule has 0 N–H and O–H groups in total. The number of rotatable bonds is 3. The van der Waals surface area contributed by atoms with Crippen molar-refractivity contribution in [1.29, 1.82) is 5.26 Å². The quantitative estimate of drug-likeness (QED) is 0.807. The van der Waals surface area contributed by atoms with Crippen molar-refractivity contribution in [2.24, 2.45) is 0 Å². The van der Waals surface area contributed by atoms with Crippen molar-refractivity contribution in [3.8, 4) is 6.07 Å². The molecule has 1 aromatic carbocycles. The first-order valence-corrected chi connectivity index (χ1v) is 6.18. The molecule has 0 spiro atoms. The van der Waals surface area contributed by atoms with Crippen LogP contribution in [0.5, 0.6) is 0 Å². The predicted molar refractivity (Wildman–Crippen MR) is 72.2 cm³/mol. The first-order valence-electron chi connectivity index (χ1n) is 5.80. The summed E-state index contributed by atoms with van der Waals surface area (Å²) in [4.78, 5) is 16.4. The number of ketones is 1. The van der Waals surface area contributed by atoms with Crippen molar-refractivity contribution in [3.63, 3.8) is 0 Å². The molecular formula is C14H12ClN3O. The van der Waals surface area contributed by atoms with Crippen LogP contribution < -0.4 is 0 Å². The van der Waals surface area contributed by atoms with E-state index in [0.29, 0.717) is 16.8 Å². The number of carbonyl (C=O) groups is 1. The topological polar surface area (TPSA) is 58.7 Å². The van der Waals surface area contributed by atoms with Gasteiger partial charge in [0.1, 0.15) is 11.8 Å². The van der Waals surface area contributed by atoms with Crippen molar-refractivity contribution in [2.45, 2.75) is 19.9 Å². The number of nitriles is 1. The van der Waals surface area contributed by atoms with E-state index < -0.39 is 0 Å². The van der Waals surface area contributed by atoms with E-state index in [0.717, 1.165) is 0 Å². The molecule has 0 aliphatic carbocycles. The van der Waals surface area contributed by atoms with E-state index in [2.05, 4.69) is 4.98 Å². The summed E-state index contributed by atoms with van der Waals surface area (Å²) in [7, 11) is 0. The van der Waals surface area contributed by atoms with Crippen LogP contribution >= 0.6 is 11.6 Å². The minimum absolute atomic E-state index is 0.148. The third-order valence-electron chi connectivity index (χ3n) is 2.81. The lowest BCUT2D eigenvalue weighted by molar-refractivity contribution is 0.102. The zero-order chi connectivity index (χ0) is 14.0. The van der Waals surface area contributed by atoms with Crippen LogP contribution in [0.2, 0.25) is 5.02 Å². The summed E-state index contributed by atoms with van der Waals surface area (Å²) >= 11 is 5.94. The molecule has 19 heavy (non-hydrogen) atoms. The van der Waals surface area contributed by atoms with Crippen LogP contribution in [0.4, 0.5) is 0 Å². The molecule has 0 amide bonds. The lowest BCUT2D eigenvalue weighted by atomic mass is 10.1. The molecule has 0 unspecified atom stereocenters. The van der Waals surface area contributed by atoms with Gasteiger partial charge in [-0.1, -0.05) is 11.6 Å². The fourth-order valence-corrected chi connectivity index (χ4v) is 2.01. The van der Waals surface area contributed by atoms with Gasteiger partial charge in [-0.05, 0) is 32.0 Å². The van der Waals surface area contributed by atoms with Crippen molar-refractivity contribution in [1.82, 2.24) is 9.55 Å². The minimum atomic E-state index is -0.155. The highest BCUT2D eigenvalue weighted by Gasteiger charge is 2.16. The number of halogens is 1. The Kier molecular flexibility index (Phi) is 3.68. The molecule has 96 valence electrons. The molecule has 0 fully saturated rings. The maximum absolute atomic E-state index is 12.4. The van der Waals surface area contributed by atoms with Gasteiger partial charge < -0.3 is 4.57 Å². The monoisotopic (exact) mass is 273 g/mol. The summed E-state index contributed by atoms with van der Waals surface area (Å²) in [5.74, 6) is -0.155. The van der Waals surface area contributed by atoms with E-state index in [1.807, 2.05) is 19.9 Å². The van der Waals surface area contributed by atoms with Crippen molar-refractivity contribution >= 4 is 17.4 Å². The molecule has 0 atom stereocenters. The van der Waals surface area contributed by atoms with Gasteiger partial charge in [0.2, 0.25) is 5.78 Å². The highest BCUT2D eigenvalue weighted by Crippen LogP contribution is 2.20. The second kappa shape index (κ2) is 5.25. The van der Waals surface area contributed by atoms with Crippen molar-refractivity contribution in [2.75, 3.05) is 0 Å².